The number of nitrogens with zero attached hydrogens (tertiary/aromatic N) is 6. The molecule has 0 spiro atoms. The molecule has 10 nitrogen and oxygen atoms in total. The van der Waals surface area contributed by atoms with Crippen LogP contribution in [-0.4, -0.2) is 60.7 Å². The first-order valence-electron chi connectivity index (χ1n) is 12.7. The molecule has 0 fully saturated rings. The summed E-state index contributed by atoms with van der Waals surface area (Å²) in [6.45, 7) is 6.15. The Morgan fingerprint density at radius 1 is 0.705 bits per heavy atom. The van der Waals surface area contributed by atoms with Crippen LogP contribution in [0, 0.1) is 0 Å². The Balaban J connectivity index is 0.000000169. The first-order valence-corrected chi connectivity index (χ1v) is 20.5. The highest BCUT2D eigenvalue weighted by Gasteiger charge is 2.04. The predicted molar refractivity (Wildman–Crippen MR) is 187 cm³/mol. The lowest BCUT2D eigenvalue weighted by Crippen LogP contribution is -2.05. The highest BCUT2D eigenvalue weighted by atomic mass is 79.9. The molecule has 0 atom stereocenters. The normalized spacial score (nSPS) is 10.6. The van der Waals surface area contributed by atoms with Gasteiger partial charge in [0.2, 0.25) is 0 Å². The molecule has 0 saturated carbocycles. The average molecular weight is 828 g/mol. The zero-order valence-electron chi connectivity index (χ0n) is 24.0. The molecule has 6 rings (SSSR count). The highest BCUT2D eigenvalue weighted by Crippen LogP contribution is 2.24. The lowest BCUT2D eigenvalue weighted by molar-refractivity contribution is 0.0510. The number of aromatic hydroxyl groups is 2. The summed E-state index contributed by atoms with van der Waals surface area (Å²) in [5, 5.41) is 21.2. The van der Waals surface area contributed by atoms with Crippen LogP contribution in [0.4, 0.5) is 0 Å². The highest BCUT2D eigenvalue weighted by molar-refractivity contribution is 9.26. The van der Waals surface area contributed by atoms with Crippen molar-refractivity contribution in [1.82, 2.24) is 29.9 Å². The van der Waals surface area contributed by atoms with Crippen LogP contribution in [0.25, 0.3) is 32.7 Å². The second-order valence-electron chi connectivity index (χ2n) is 9.70. The Morgan fingerprint density at radius 3 is 1.66 bits per heavy atom. The van der Waals surface area contributed by atoms with Gasteiger partial charge in [-0.25, -0.2) is 29.9 Å². The molecule has 0 aliphatic carbocycles. The predicted octanol–water partition coefficient (Wildman–Crippen LogP) is 8.68. The molecule has 6 aromatic heterocycles. The van der Waals surface area contributed by atoms with E-state index in [4.69, 9.17) is 31.3 Å². The van der Waals surface area contributed by atoms with Crippen LogP contribution < -0.4 is 4.74 Å². The minimum absolute atomic E-state index is 0.129. The molecule has 0 aliphatic heterocycles. The first-order chi connectivity index (χ1) is 20.9. The van der Waals surface area contributed by atoms with Crippen molar-refractivity contribution in [2.24, 2.45) is 0 Å². The molecule has 6 heterocycles. The van der Waals surface area contributed by atoms with Crippen LogP contribution in [0.2, 0.25) is 24.8 Å². The Bertz CT molecular complexity index is 1760. The van der Waals surface area contributed by atoms with E-state index in [1.165, 1.54) is 12.4 Å². The Hall–Kier alpha value is -3.01. The molecule has 0 radical (unpaired) electrons. The minimum Gasteiger partial charge on any atom is -0.506 e. The standard InChI is InChI=1S/C10H9BrN2O2.C8H5BrN2O.C8H5ClN2O.C3H9BrSi/c1-14-6-15-8-4-7-2-3-12-10(11)9(7)13-5-8;2*9-8-7-5(1-2-10-8)3-6(12)4-11-7;1-5(2,3)4/h2-5H,6H2,1H3;2*1-4,12H;1-3H3. The van der Waals surface area contributed by atoms with Gasteiger partial charge in [-0.2, -0.15) is 0 Å². The van der Waals surface area contributed by atoms with Gasteiger partial charge in [-0.15, -0.1) is 15.3 Å². The van der Waals surface area contributed by atoms with E-state index in [-0.39, 0.29) is 18.3 Å². The van der Waals surface area contributed by atoms with E-state index in [1.54, 1.807) is 56.2 Å². The van der Waals surface area contributed by atoms with Crippen LogP contribution >= 0.6 is 58.8 Å². The van der Waals surface area contributed by atoms with Crippen LogP contribution in [0.3, 0.4) is 0 Å². The molecular formula is C29H28Br3ClN6O4Si. The third-order valence-corrected chi connectivity index (χ3v) is 6.39. The lowest BCUT2D eigenvalue weighted by atomic mass is 10.2. The monoisotopic (exact) mass is 824 g/mol. The van der Waals surface area contributed by atoms with E-state index in [2.05, 4.69) is 96.7 Å². The molecule has 2 N–H and O–H groups in total. The summed E-state index contributed by atoms with van der Waals surface area (Å²) in [5.74, 6) is 0.979. The number of aromatic nitrogens is 6. The maximum absolute atomic E-state index is 9.12. The van der Waals surface area contributed by atoms with Crippen molar-refractivity contribution in [3.63, 3.8) is 0 Å². The van der Waals surface area contributed by atoms with Crippen molar-refractivity contribution in [1.29, 1.82) is 0 Å². The third kappa shape index (κ3) is 11.5. The molecule has 6 aromatic rings. The number of ether oxygens (including phenoxy) is 2. The van der Waals surface area contributed by atoms with E-state index in [1.807, 2.05) is 12.1 Å². The average Bonchev–Trinajstić information content (AvgIpc) is 2.96. The van der Waals surface area contributed by atoms with Gasteiger partial charge in [-0.05, 0) is 68.3 Å². The summed E-state index contributed by atoms with van der Waals surface area (Å²) in [4.78, 5) is 24.2. The zero-order chi connectivity index (χ0) is 32.3. The summed E-state index contributed by atoms with van der Waals surface area (Å²) in [5.41, 5.74) is 2.19. The fraction of sp³-hybridized carbons (Fsp3) is 0.172. The van der Waals surface area contributed by atoms with Crippen LogP contribution in [0.15, 0.2) is 82.8 Å². The van der Waals surface area contributed by atoms with E-state index < -0.39 is 6.69 Å². The van der Waals surface area contributed by atoms with E-state index in [9.17, 15) is 0 Å². The molecule has 0 saturated heterocycles. The molecular weight excluding hydrogens is 800 g/mol. The van der Waals surface area contributed by atoms with Crippen molar-refractivity contribution < 1.29 is 19.7 Å². The maximum Gasteiger partial charge on any atom is 0.188 e. The van der Waals surface area contributed by atoms with Gasteiger partial charge in [0.15, 0.2) is 11.9 Å². The van der Waals surface area contributed by atoms with Crippen molar-refractivity contribution in [3.05, 3.63) is 87.9 Å². The van der Waals surface area contributed by atoms with Crippen molar-refractivity contribution in [3.8, 4) is 17.2 Å². The maximum atomic E-state index is 9.12. The molecule has 15 heteroatoms. The SMILES string of the molecule is COCOc1cnc2c(Br)nccc2c1.C[Si](C)(C)Br.Oc1cnc2c(Br)nccc2c1.Oc1cnc2c(Cl)nccc2c1. The third-order valence-electron chi connectivity index (χ3n) is 4.95. The molecule has 44 heavy (non-hydrogen) atoms. The summed E-state index contributed by atoms with van der Waals surface area (Å²) in [7, 11) is 1.58. The first kappa shape index (κ1) is 35.5. The second-order valence-corrected chi connectivity index (χ2v) is 22.8. The summed E-state index contributed by atoms with van der Waals surface area (Å²) >= 11 is 15.9. The topological polar surface area (TPSA) is 136 Å². The van der Waals surface area contributed by atoms with Crippen molar-refractivity contribution in [2.75, 3.05) is 13.9 Å². The fourth-order valence-electron chi connectivity index (χ4n) is 3.24. The van der Waals surface area contributed by atoms with Gasteiger partial charge in [-0.3, -0.25) is 0 Å². The lowest BCUT2D eigenvalue weighted by Gasteiger charge is -2.05. The van der Waals surface area contributed by atoms with Gasteiger partial charge < -0.3 is 19.7 Å². The quantitative estimate of drug-likeness (QED) is 0.0772. The number of methoxy groups -OCH3 is 1. The molecule has 0 amide bonds. The van der Waals surface area contributed by atoms with Crippen molar-refractivity contribution >= 4 is 98.2 Å². The summed E-state index contributed by atoms with van der Waals surface area (Å²) in [6.07, 6.45) is 9.34. The molecule has 0 unspecified atom stereocenters. The Kier molecular flexibility index (Phi) is 13.6. The number of hydrogen-bond acceptors (Lipinski definition) is 10. The van der Waals surface area contributed by atoms with Gasteiger partial charge in [0.1, 0.15) is 49.7 Å². The fourth-order valence-corrected chi connectivity index (χ4v) is 4.35. The van der Waals surface area contributed by atoms with Gasteiger partial charge in [-0.1, -0.05) is 31.2 Å². The number of rotatable bonds is 3. The van der Waals surface area contributed by atoms with Gasteiger partial charge in [0.05, 0.1) is 18.6 Å². The molecule has 0 aliphatic rings. The number of fused-ring (bicyclic) bond motifs is 3. The minimum atomic E-state index is -0.799. The van der Waals surface area contributed by atoms with Gasteiger partial charge >= 0.3 is 0 Å². The zero-order valence-corrected chi connectivity index (χ0v) is 30.6. The van der Waals surface area contributed by atoms with Crippen LogP contribution in [-0.2, 0) is 4.74 Å². The molecule has 0 aromatic carbocycles. The summed E-state index contributed by atoms with van der Waals surface area (Å²) in [6, 6.07) is 10.6. The smallest absolute Gasteiger partial charge is 0.188 e. The van der Waals surface area contributed by atoms with E-state index in [0.29, 0.717) is 21.0 Å². The van der Waals surface area contributed by atoms with Crippen molar-refractivity contribution in [2.45, 2.75) is 19.6 Å². The second kappa shape index (κ2) is 16.9. The Labute approximate surface area is 284 Å². The molecule has 0 bridgehead atoms. The van der Waals surface area contributed by atoms with E-state index in [0.717, 1.165) is 31.8 Å². The summed E-state index contributed by atoms with van der Waals surface area (Å²) < 4.78 is 11.5. The Morgan fingerprint density at radius 2 is 1.14 bits per heavy atom. The number of hydrogen-bond donors (Lipinski definition) is 2. The number of halogens is 4. The van der Waals surface area contributed by atoms with Crippen LogP contribution in [0.5, 0.6) is 17.2 Å². The van der Waals surface area contributed by atoms with E-state index >= 15 is 0 Å². The number of pyridine rings is 6. The van der Waals surface area contributed by atoms with Gasteiger partial charge in [0, 0.05) is 41.9 Å². The van der Waals surface area contributed by atoms with Crippen LogP contribution in [0.1, 0.15) is 0 Å². The molecule has 230 valence electrons. The van der Waals surface area contributed by atoms with Gasteiger partial charge in [0.25, 0.3) is 0 Å². The largest absolute Gasteiger partial charge is 0.506 e.